The Morgan fingerprint density at radius 2 is 1.65 bits per heavy atom. The Morgan fingerprint density at radius 1 is 1.00 bits per heavy atom. The Labute approximate surface area is 158 Å². The van der Waals surface area contributed by atoms with E-state index >= 15 is 0 Å². The van der Waals surface area contributed by atoms with Crippen LogP contribution in [0.3, 0.4) is 0 Å². The van der Waals surface area contributed by atoms with Crippen molar-refractivity contribution in [3.8, 4) is 0 Å². The zero-order valence-electron chi connectivity index (χ0n) is 15.2. The highest BCUT2D eigenvalue weighted by Crippen LogP contribution is 2.27. The van der Waals surface area contributed by atoms with Crippen LogP contribution in [0.5, 0.6) is 0 Å². The lowest BCUT2D eigenvalue weighted by atomic mass is 10.0. The molecule has 2 rings (SSSR count). The second kappa shape index (κ2) is 9.87. The summed E-state index contributed by atoms with van der Waals surface area (Å²) in [6.07, 6.45) is 1.73. The van der Waals surface area contributed by atoms with Crippen molar-refractivity contribution >= 4 is 35.0 Å². The summed E-state index contributed by atoms with van der Waals surface area (Å²) in [4.78, 5) is 24.3. The molecule has 0 atom stereocenters. The fourth-order valence-electron chi connectivity index (χ4n) is 2.65. The monoisotopic (exact) mass is 371 g/mol. The minimum absolute atomic E-state index is 0.102. The van der Waals surface area contributed by atoms with Crippen LogP contribution in [0.2, 0.25) is 0 Å². The minimum Gasteiger partial charge on any atom is -0.375 e. The second-order valence-electron chi connectivity index (χ2n) is 5.81. The molecule has 0 unspecified atom stereocenters. The van der Waals surface area contributed by atoms with Gasteiger partial charge in [-0.25, -0.2) is 0 Å². The summed E-state index contributed by atoms with van der Waals surface area (Å²) in [6.45, 7) is 4.30. The lowest BCUT2D eigenvalue weighted by Gasteiger charge is -2.15. The van der Waals surface area contributed by atoms with Crippen molar-refractivity contribution in [1.29, 1.82) is 0 Å². The summed E-state index contributed by atoms with van der Waals surface area (Å²) in [5.41, 5.74) is 9.21. The molecule has 0 heterocycles. The number of thioether (sulfide) groups is 1. The highest BCUT2D eigenvalue weighted by Gasteiger charge is 2.11. The van der Waals surface area contributed by atoms with E-state index < -0.39 is 0 Å². The van der Waals surface area contributed by atoms with Gasteiger partial charge in [0, 0.05) is 16.3 Å². The maximum absolute atomic E-state index is 12.4. The maximum atomic E-state index is 12.4. The number of carbonyl (C=O) groups excluding carboxylic acids is 2. The Morgan fingerprint density at radius 3 is 2.27 bits per heavy atom. The smallest absolute Gasteiger partial charge is 0.243 e. The van der Waals surface area contributed by atoms with Crippen LogP contribution in [0.15, 0.2) is 47.4 Å². The molecule has 138 valence electrons. The Hall–Kier alpha value is -2.47. The molecular formula is C20H25N3O2S. The predicted octanol–water partition coefficient (Wildman–Crippen LogP) is 3.44. The van der Waals surface area contributed by atoms with Gasteiger partial charge in [0.05, 0.1) is 12.3 Å². The van der Waals surface area contributed by atoms with Gasteiger partial charge in [-0.2, -0.15) is 0 Å². The molecule has 0 aliphatic heterocycles. The summed E-state index contributed by atoms with van der Waals surface area (Å²) >= 11 is 1.35. The molecule has 6 heteroatoms. The number of hydrogen-bond acceptors (Lipinski definition) is 4. The summed E-state index contributed by atoms with van der Waals surface area (Å²) < 4.78 is 0. The van der Waals surface area contributed by atoms with Crippen molar-refractivity contribution in [2.45, 2.75) is 31.6 Å². The van der Waals surface area contributed by atoms with Gasteiger partial charge in [0.1, 0.15) is 0 Å². The van der Waals surface area contributed by atoms with E-state index in [0.29, 0.717) is 0 Å². The van der Waals surface area contributed by atoms with Crippen molar-refractivity contribution < 1.29 is 9.59 Å². The molecule has 0 saturated carbocycles. The zero-order chi connectivity index (χ0) is 18.9. The van der Waals surface area contributed by atoms with Crippen molar-refractivity contribution in [2.24, 2.45) is 5.73 Å². The topological polar surface area (TPSA) is 84.2 Å². The van der Waals surface area contributed by atoms with Crippen molar-refractivity contribution in [3.63, 3.8) is 0 Å². The summed E-state index contributed by atoms with van der Waals surface area (Å²) in [5, 5.41) is 6.19. The van der Waals surface area contributed by atoms with E-state index in [1.807, 2.05) is 42.5 Å². The van der Waals surface area contributed by atoms with Crippen molar-refractivity contribution in [1.82, 2.24) is 0 Å². The van der Waals surface area contributed by atoms with Gasteiger partial charge in [-0.3, -0.25) is 9.59 Å². The van der Waals surface area contributed by atoms with Crippen LogP contribution in [0, 0.1) is 0 Å². The molecule has 2 aromatic rings. The summed E-state index contributed by atoms with van der Waals surface area (Å²) in [5.74, 6) is -0.268. The first-order chi connectivity index (χ1) is 12.5. The van der Waals surface area contributed by atoms with E-state index in [-0.39, 0.29) is 24.1 Å². The van der Waals surface area contributed by atoms with Gasteiger partial charge in [0.25, 0.3) is 0 Å². The Kier molecular flexibility index (Phi) is 7.53. The number of carbonyl (C=O) groups is 2. The number of hydrogen-bond donors (Lipinski definition) is 3. The van der Waals surface area contributed by atoms with Crippen LogP contribution >= 0.6 is 11.8 Å². The summed E-state index contributed by atoms with van der Waals surface area (Å²) in [7, 11) is 0. The number of para-hydroxylation sites is 2. The molecular weight excluding hydrogens is 346 g/mol. The van der Waals surface area contributed by atoms with Crippen molar-refractivity contribution in [2.75, 3.05) is 22.9 Å². The van der Waals surface area contributed by atoms with E-state index in [1.54, 1.807) is 0 Å². The highest BCUT2D eigenvalue weighted by atomic mass is 32.2. The standard InChI is InChI=1S/C20H25N3O2S/c1-3-14-8-7-9-15(4-2)20(14)23-19(25)12-22-16-10-5-6-11-17(16)26-13-18(21)24/h5-11,22H,3-4,12-13H2,1-2H3,(H2,21,24)(H,23,25). The first-order valence-corrected chi connectivity index (χ1v) is 9.68. The number of rotatable bonds is 9. The predicted molar refractivity (Wildman–Crippen MR) is 109 cm³/mol. The molecule has 0 spiro atoms. The van der Waals surface area contributed by atoms with Gasteiger partial charge in [-0.15, -0.1) is 11.8 Å². The van der Waals surface area contributed by atoms with Crippen LogP contribution in [-0.4, -0.2) is 24.1 Å². The molecule has 0 saturated heterocycles. The van der Waals surface area contributed by atoms with Gasteiger partial charge in [-0.1, -0.05) is 44.2 Å². The first kappa shape index (κ1) is 19.8. The fraction of sp³-hybridized carbons (Fsp3) is 0.300. The van der Waals surface area contributed by atoms with Gasteiger partial charge in [-0.05, 0) is 36.1 Å². The molecule has 4 N–H and O–H groups in total. The van der Waals surface area contributed by atoms with Gasteiger partial charge < -0.3 is 16.4 Å². The molecule has 0 fully saturated rings. The van der Waals surface area contributed by atoms with E-state index in [0.717, 1.165) is 40.2 Å². The SMILES string of the molecule is CCc1cccc(CC)c1NC(=O)CNc1ccccc1SCC(N)=O. The van der Waals surface area contributed by atoms with E-state index in [1.165, 1.54) is 11.8 Å². The van der Waals surface area contributed by atoms with Crippen LogP contribution < -0.4 is 16.4 Å². The lowest BCUT2D eigenvalue weighted by Crippen LogP contribution is -2.23. The van der Waals surface area contributed by atoms with E-state index in [2.05, 4.69) is 24.5 Å². The molecule has 26 heavy (non-hydrogen) atoms. The molecule has 5 nitrogen and oxygen atoms in total. The Bertz CT molecular complexity index is 755. The molecule has 2 aromatic carbocycles. The summed E-state index contributed by atoms with van der Waals surface area (Å²) in [6, 6.07) is 13.7. The van der Waals surface area contributed by atoms with Crippen LogP contribution in [0.1, 0.15) is 25.0 Å². The van der Waals surface area contributed by atoms with Crippen LogP contribution in [-0.2, 0) is 22.4 Å². The van der Waals surface area contributed by atoms with Gasteiger partial charge in [0.15, 0.2) is 0 Å². The Balaban J connectivity index is 2.03. The number of amides is 2. The van der Waals surface area contributed by atoms with Crippen molar-refractivity contribution in [3.05, 3.63) is 53.6 Å². The zero-order valence-corrected chi connectivity index (χ0v) is 16.0. The van der Waals surface area contributed by atoms with E-state index in [4.69, 9.17) is 5.73 Å². The maximum Gasteiger partial charge on any atom is 0.243 e. The molecule has 0 bridgehead atoms. The van der Waals surface area contributed by atoms with Gasteiger partial charge >= 0.3 is 0 Å². The van der Waals surface area contributed by atoms with E-state index in [9.17, 15) is 9.59 Å². The normalized spacial score (nSPS) is 10.4. The molecule has 0 aliphatic rings. The average Bonchev–Trinajstić information content (AvgIpc) is 2.65. The number of nitrogens with two attached hydrogens (primary N) is 1. The third-order valence-corrected chi connectivity index (χ3v) is 5.06. The molecule has 0 aromatic heterocycles. The molecule has 0 radical (unpaired) electrons. The minimum atomic E-state index is -0.370. The molecule has 2 amide bonds. The average molecular weight is 372 g/mol. The fourth-order valence-corrected chi connectivity index (χ4v) is 3.42. The van der Waals surface area contributed by atoms with Gasteiger partial charge in [0.2, 0.25) is 11.8 Å². The van der Waals surface area contributed by atoms with Crippen LogP contribution in [0.4, 0.5) is 11.4 Å². The quantitative estimate of drug-likeness (QED) is 0.590. The highest BCUT2D eigenvalue weighted by molar-refractivity contribution is 8.00. The number of primary amides is 1. The molecule has 0 aliphatic carbocycles. The number of aryl methyl sites for hydroxylation is 2. The first-order valence-electron chi connectivity index (χ1n) is 8.69. The number of nitrogens with one attached hydrogen (secondary N) is 2. The largest absolute Gasteiger partial charge is 0.375 e. The second-order valence-corrected chi connectivity index (χ2v) is 6.83. The van der Waals surface area contributed by atoms with Crippen LogP contribution in [0.25, 0.3) is 0 Å². The third-order valence-electron chi connectivity index (χ3n) is 3.96. The number of benzene rings is 2. The lowest BCUT2D eigenvalue weighted by molar-refractivity contribution is -0.116. The number of anilines is 2. The third kappa shape index (κ3) is 5.52.